The molecule has 0 bridgehead atoms. The first-order valence-corrected chi connectivity index (χ1v) is 13.8. The van der Waals surface area contributed by atoms with Crippen molar-refractivity contribution < 1.29 is 19.2 Å². The second kappa shape index (κ2) is 12.7. The maximum absolute atomic E-state index is 13.4. The number of hydrogen-bond donors (Lipinski definition) is 2. The number of nitro benzene ring substituents is 1. The number of nitrogens with one attached hydrogen (secondary N) is 2. The topological polar surface area (TPSA) is 114 Å². The van der Waals surface area contributed by atoms with Crippen molar-refractivity contribution in [3.8, 4) is 0 Å². The molecule has 208 valence electrons. The number of hydrogen-bond acceptors (Lipinski definition) is 6. The molecular formula is C31H34N4O5. The third-order valence-electron chi connectivity index (χ3n) is 7.68. The van der Waals surface area contributed by atoms with Crippen molar-refractivity contribution in [3.63, 3.8) is 0 Å². The summed E-state index contributed by atoms with van der Waals surface area (Å²) in [6, 6.07) is 21.4. The SMILES string of the molecule is O=C(Nc1ccc(N2CCC(Cc3ccccc3)CC2)c(C(=O)NCC2CCCO2)c1)c1ccc([N+](=O)[O-])cc1. The molecule has 3 aromatic carbocycles. The predicted octanol–water partition coefficient (Wildman–Crippen LogP) is 5.22. The summed E-state index contributed by atoms with van der Waals surface area (Å²) in [4.78, 5) is 38.9. The fraction of sp³-hybridized carbons (Fsp3) is 0.355. The Morgan fingerprint density at radius 3 is 2.38 bits per heavy atom. The monoisotopic (exact) mass is 542 g/mol. The maximum Gasteiger partial charge on any atom is 0.269 e. The number of rotatable bonds is 9. The van der Waals surface area contributed by atoms with Crippen LogP contribution in [0.15, 0.2) is 72.8 Å². The standard InChI is InChI=1S/C31H34N4O5/c36-30(24-8-11-26(12-9-24)35(38)39)33-25-10-13-29(28(20-25)31(37)32-21-27-7-4-18-40-27)34-16-14-23(15-17-34)19-22-5-2-1-3-6-22/h1-3,5-6,8-13,20,23,27H,4,7,14-19,21H2,(H,32,37)(H,33,36). The number of anilines is 2. The summed E-state index contributed by atoms with van der Waals surface area (Å²) >= 11 is 0. The van der Waals surface area contributed by atoms with Crippen molar-refractivity contribution >= 4 is 28.9 Å². The first-order chi connectivity index (χ1) is 19.5. The molecule has 1 unspecified atom stereocenters. The number of carbonyl (C=O) groups excluding carboxylic acids is 2. The van der Waals surface area contributed by atoms with Crippen LogP contribution >= 0.6 is 0 Å². The summed E-state index contributed by atoms with van der Waals surface area (Å²) in [5.41, 5.74) is 3.38. The third-order valence-corrected chi connectivity index (χ3v) is 7.68. The Morgan fingerprint density at radius 1 is 0.950 bits per heavy atom. The van der Waals surface area contributed by atoms with Gasteiger partial charge in [-0.3, -0.25) is 19.7 Å². The number of nitrogens with zero attached hydrogens (tertiary/aromatic N) is 2. The molecule has 2 fully saturated rings. The first-order valence-electron chi connectivity index (χ1n) is 13.8. The number of amides is 2. The highest BCUT2D eigenvalue weighted by Crippen LogP contribution is 2.30. The molecule has 0 aromatic heterocycles. The zero-order chi connectivity index (χ0) is 27.9. The molecule has 9 nitrogen and oxygen atoms in total. The van der Waals surface area contributed by atoms with Crippen LogP contribution in [0.3, 0.4) is 0 Å². The fourth-order valence-corrected chi connectivity index (χ4v) is 5.44. The molecule has 2 saturated heterocycles. The highest BCUT2D eigenvalue weighted by molar-refractivity contribution is 6.06. The van der Waals surface area contributed by atoms with E-state index < -0.39 is 10.8 Å². The Kier molecular flexibility index (Phi) is 8.71. The van der Waals surface area contributed by atoms with Crippen LogP contribution < -0.4 is 15.5 Å². The summed E-state index contributed by atoms with van der Waals surface area (Å²) in [7, 11) is 0. The van der Waals surface area contributed by atoms with Gasteiger partial charge in [0.2, 0.25) is 0 Å². The third kappa shape index (κ3) is 6.84. The number of piperidine rings is 1. The van der Waals surface area contributed by atoms with Gasteiger partial charge in [-0.15, -0.1) is 0 Å². The van der Waals surface area contributed by atoms with Crippen molar-refractivity contribution in [2.45, 2.75) is 38.2 Å². The number of non-ortho nitro benzene ring substituents is 1. The highest BCUT2D eigenvalue weighted by Gasteiger charge is 2.25. The Balaban J connectivity index is 1.30. The van der Waals surface area contributed by atoms with Crippen molar-refractivity contribution in [1.29, 1.82) is 0 Å². The van der Waals surface area contributed by atoms with Gasteiger partial charge >= 0.3 is 0 Å². The van der Waals surface area contributed by atoms with Crippen molar-refractivity contribution in [1.82, 2.24) is 5.32 Å². The van der Waals surface area contributed by atoms with Gasteiger partial charge in [0.05, 0.1) is 16.6 Å². The zero-order valence-electron chi connectivity index (χ0n) is 22.4. The van der Waals surface area contributed by atoms with E-state index in [9.17, 15) is 19.7 Å². The van der Waals surface area contributed by atoms with Crippen LogP contribution in [0.1, 0.15) is 52.0 Å². The number of carbonyl (C=O) groups is 2. The van der Waals surface area contributed by atoms with Crippen LogP contribution in [0.2, 0.25) is 0 Å². The maximum atomic E-state index is 13.4. The Bertz CT molecular complexity index is 1330. The highest BCUT2D eigenvalue weighted by atomic mass is 16.6. The van der Waals surface area contributed by atoms with E-state index in [0.717, 1.165) is 50.9 Å². The van der Waals surface area contributed by atoms with E-state index in [1.54, 1.807) is 12.1 Å². The lowest BCUT2D eigenvalue weighted by molar-refractivity contribution is -0.384. The van der Waals surface area contributed by atoms with Crippen molar-refractivity contribution in [2.24, 2.45) is 5.92 Å². The van der Waals surface area contributed by atoms with Gasteiger partial charge in [-0.25, -0.2) is 0 Å². The quantitative estimate of drug-likeness (QED) is 0.283. The molecule has 9 heteroatoms. The van der Waals surface area contributed by atoms with E-state index in [1.165, 1.54) is 29.8 Å². The van der Waals surface area contributed by atoms with E-state index in [0.29, 0.717) is 35.9 Å². The lowest BCUT2D eigenvalue weighted by Gasteiger charge is -2.35. The summed E-state index contributed by atoms with van der Waals surface area (Å²) in [6.07, 6.45) is 5.05. The Hall–Kier alpha value is -4.24. The molecule has 2 amide bonds. The van der Waals surface area contributed by atoms with E-state index >= 15 is 0 Å². The lowest BCUT2D eigenvalue weighted by Crippen LogP contribution is -2.37. The minimum atomic E-state index is -0.508. The molecule has 2 heterocycles. The largest absolute Gasteiger partial charge is 0.376 e. The molecule has 0 spiro atoms. The van der Waals surface area contributed by atoms with Gasteiger partial charge in [-0.1, -0.05) is 30.3 Å². The molecule has 1 atom stereocenters. The van der Waals surface area contributed by atoms with Gasteiger partial charge in [0.1, 0.15) is 0 Å². The molecule has 0 saturated carbocycles. The average Bonchev–Trinajstić information content (AvgIpc) is 3.51. The van der Waals surface area contributed by atoms with Gasteiger partial charge in [-0.05, 0) is 73.9 Å². The molecule has 3 aromatic rings. The lowest BCUT2D eigenvalue weighted by atomic mass is 9.89. The number of benzene rings is 3. The second-order valence-electron chi connectivity index (χ2n) is 10.5. The molecular weight excluding hydrogens is 508 g/mol. The predicted molar refractivity (Wildman–Crippen MR) is 154 cm³/mol. The fourth-order valence-electron chi connectivity index (χ4n) is 5.44. The Morgan fingerprint density at radius 2 is 1.70 bits per heavy atom. The van der Waals surface area contributed by atoms with E-state index in [4.69, 9.17) is 4.74 Å². The van der Waals surface area contributed by atoms with Crippen LogP contribution in [0.25, 0.3) is 0 Å². The molecule has 5 rings (SSSR count). The van der Waals surface area contributed by atoms with Crippen LogP contribution in [0, 0.1) is 16.0 Å². The minimum Gasteiger partial charge on any atom is -0.376 e. The number of nitro groups is 1. The minimum absolute atomic E-state index is 0.0196. The summed E-state index contributed by atoms with van der Waals surface area (Å²) in [5.74, 6) is -0.0193. The second-order valence-corrected chi connectivity index (χ2v) is 10.5. The van der Waals surface area contributed by atoms with Gasteiger partial charge < -0.3 is 20.3 Å². The van der Waals surface area contributed by atoms with Gasteiger partial charge in [0, 0.05) is 55.3 Å². The molecule has 40 heavy (non-hydrogen) atoms. The first kappa shape index (κ1) is 27.3. The molecule has 2 N–H and O–H groups in total. The van der Waals surface area contributed by atoms with Gasteiger partial charge in [0.15, 0.2) is 0 Å². The smallest absolute Gasteiger partial charge is 0.269 e. The summed E-state index contributed by atoms with van der Waals surface area (Å²) < 4.78 is 5.67. The molecule has 2 aliphatic heterocycles. The molecule has 0 radical (unpaired) electrons. The zero-order valence-corrected chi connectivity index (χ0v) is 22.4. The van der Waals surface area contributed by atoms with Crippen LogP contribution in [-0.4, -0.2) is 49.1 Å². The van der Waals surface area contributed by atoms with Crippen LogP contribution in [-0.2, 0) is 11.2 Å². The number of ether oxygens (including phenoxy) is 1. The average molecular weight is 543 g/mol. The van der Waals surface area contributed by atoms with E-state index in [1.807, 2.05) is 12.1 Å². The van der Waals surface area contributed by atoms with E-state index in [2.05, 4.69) is 39.8 Å². The van der Waals surface area contributed by atoms with Gasteiger partial charge in [-0.2, -0.15) is 0 Å². The van der Waals surface area contributed by atoms with Crippen LogP contribution in [0.5, 0.6) is 0 Å². The summed E-state index contributed by atoms with van der Waals surface area (Å²) in [5, 5.41) is 16.8. The summed E-state index contributed by atoms with van der Waals surface area (Å²) in [6.45, 7) is 2.85. The van der Waals surface area contributed by atoms with Crippen molar-refractivity contribution in [2.75, 3.05) is 36.5 Å². The van der Waals surface area contributed by atoms with E-state index in [-0.39, 0.29) is 17.7 Å². The molecule has 2 aliphatic rings. The van der Waals surface area contributed by atoms with Crippen molar-refractivity contribution in [3.05, 3.63) is 99.6 Å². The molecule has 0 aliphatic carbocycles. The van der Waals surface area contributed by atoms with Crippen LogP contribution in [0.4, 0.5) is 17.1 Å². The Labute approximate surface area is 233 Å². The normalized spacial score (nSPS) is 17.4. The van der Waals surface area contributed by atoms with Gasteiger partial charge in [0.25, 0.3) is 17.5 Å².